The lowest BCUT2D eigenvalue weighted by Crippen LogP contribution is -2.51. The molecule has 0 aliphatic heterocycles. The highest BCUT2D eigenvalue weighted by Gasteiger charge is 2.27. The SMILES string of the molecule is CCCCCCCCCCCCCC(=O)N[C@@H](C)C(=O)N[C@H](CCC(=O)N[C@H](CSC[C@H](N)C(=O)O)C(=O)NCC(=O)O)C(=O)O. The standard InChI is InChI=1S/C30H53N5O10S/c1-3-4-5-6-7-8-9-10-11-12-13-14-24(36)33-20(2)27(40)35-22(30(44)45)15-16-25(37)34-23(28(41)32-17-26(38)39)19-46-18-21(31)29(42)43/h20-23H,3-19,31H2,1-2H3,(H,32,41)(H,33,36)(H,34,37)(H,35,40)(H,38,39)(H,42,43)(H,44,45)/t20-,21-,22+,23+/m0/s1. The number of carbonyl (C=O) groups is 7. The van der Waals surface area contributed by atoms with Gasteiger partial charge >= 0.3 is 17.9 Å². The molecule has 9 N–H and O–H groups in total. The number of thioether (sulfide) groups is 1. The Morgan fingerprint density at radius 3 is 1.72 bits per heavy atom. The van der Waals surface area contributed by atoms with Crippen molar-refractivity contribution < 1.29 is 48.9 Å². The fourth-order valence-electron chi connectivity index (χ4n) is 4.28. The molecule has 0 saturated heterocycles. The van der Waals surface area contributed by atoms with Gasteiger partial charge in [0.15, 0.2) is 0 Å². The van der Waals surface area contributed by atoms with E-state index in [9.17, 15) is 38.7 Å². The summed E-state index contributed by atoms with van der Waals surface area (Å²) < 4.78 is 0. The van der Waals surface area contributed by atoms with Gasteiger partial charge in [-0.3, -0.25) is 28.8 Å². The summed E-state index contributed by atoms with van der Waals surface area (Å²) in [5.74, 6) is -6.86. The average Bonchev–Trinajstić information content (AvgIpc) is 2.99. The van der Waals surface area contributed by atoms with E-state index in [1.165, 1.54) is 51.9 Å². The summed E-state index contributed by atoms with van der Waals surface area (Å²) in [4.78, 5) is 83.2. The molecule has 0 fully saturated rings. The van der Waals surface area contributed by atoms with Crippen LogP contribution in [0.15, 0.2) is 0 Å². The normalized spacial score (nSPS) is 13.5. The maximum Gasteiger partial charge on any atom is 0.326 e. The molecule has 0 aliphatic carbocycles. The third-order valence-electron chi connectivity index (χ3n) is 7.02. The van der Waals surface area contributed by atoms with Crippen LogP contribution in [0.4, 0.5) is 0 Å². The summed E-state index contributed by atoms with van der Waals surface area (Å²) >= 11 is 0.946. The zero-order chi connectivity index (χ0) is 34.9. The van der Waals surface area contributed by atoms with Gasteiger partial charge in [0.25, 0.3) is 0 Å². The van der Waals surface area contributed by atoms with Crippen molar-refractivity contribution in [1.29, 1.82) is 0 Å². The predicted octanol–water partition coefficient (Wildman–Crippen LogP) is 1.37. The molecule has 0 unspecified atom stereocenters. The third kappa shape index (κ3) is 22.2. The average molecular weight is 676 g/mol. The maximum atomic E-state index is 12.6. The van der Waals surface area contributed by atoms with Crippen LogP contribution in [-0.4, -0.2) is 99.1 Å². The zero-order valence-electron chi connectivity index (χ0n) is 27.0. The summed E-state index contributed by atoms with van der Waals surface area (Å²) in [6.07, 6.45) is 12.0. The molecule has 0 aromatic heterocycles. The van der Waals surface area contributed by atoms with E-state index in [1.54, 1.807) is 0 Å². The van der Waals surface area contributed by atoms with Crippen molar-refractivity contribution in [2.24, 2.45) is 5.73 Å². The van der Waals surface area contributed by atoms with Crippen LogP contribution < -0.4 is 27.0 Å². The Morgan fingerprint density at radius 2 is 1.20 bits per heavy atom. The molecule has 264 valence electrons. The molecule has 0 aliphatic rings. The van der Waals surface area contributed by atoms with Crippen molar-refractivity contribution in [3.63, 3.8) is 0 Å². The van der Waals surface area contributed by atoms with Gasteiger partial charge in [-0.15, -0.1) is 0 Å². The van der Waals surface area contributed by atoms with Crippen LogP contribution in [0.1, 0.15) is 104 Å². The summed E-state index contributed by atoms with van der Waals surface area (Å²) in [5.41, 5.74) is 5.44. The summed E-state index contributed by atoms with van der Waals surface area (Å²) in [7, 11) is 0. The number of unbranched alkanes of at least 4 members (excludes halogenated alkanes) is 10. The predicted molar refractivity (Wildman–Crippen MR) is 173 cm³/mol. The second-order valence-electron chi connectivity index (χ2n) is 11.2. The molecular formula is C30H53N5O10S. The Balaban J connectivity index is 4.63. The number of hydrogen-bond donors (Lipinski definition) is 8. The first-order chi connectivity index (χ1) is 21.8. The van der Waals surface area contributed by atoms with Gasteiger partial charge < -0.3 is 42.3 Å². The Hall–Kier alpha value is -3.40. The first-order valence-electron chi connectivity index (χ1n) is 16.0. The van der Waals surface area contributed by atoms with Crippen molar-refractivity contribution in [2.75, 3.05) is 18.1 Å². The van der Waals surface area contributed by atoms with Crippen LogP contribution in [0.25, 0.3) is 0 Å². The fourth-order valence-corrected chi connectivity index (χ4v) is 5.28. The second kappa shape index (κ2) is 25.8. The van der Waals surface area contributed by atoms with E-state index in [0.29, 0.717) is 6.42 Å². The van der Waals surface area contributed by atoms with Crippen molar-refractivity contribution >= 4 is 53.3 Å². The molecule has 16 heteroatoms. The van der Waals surface area contributed by atoms with E-state index in [2.05, 4.69) is 28.2 Å². The van der Waals surface area contributed by atoms with Gasteiger partial charge in [-0.2, -0.15) is 11.8 Å². The van der Waals surface area contributed by atoms with E-state index in [-0.39, 0.29) is 30.3 Å². The molecule has 46 heavy (non-hydrogen) atoms. The molecule has 0 bridgehead atoms. The molecule has 0 aromatic carbocycles. The Labute approximate surface area is 274 Å². The van der Waals surface area contributed by atoms with Crippen LogP contribution in [0, 0.1) is 0 Å². The number of nitrogens with one attached hydrogen (secondary N) is 4. The minimum absolute atomic E-state index is 0.0882. The van der Waals surface area contributed by atoms with Crippen LogP contribution in [0.3, 0.4) is 0 Å². The highest BCUT2D eigenvalue weighted by atomic mass is 32.2. The highest BCUT2D eigenvalue weighted by Crippen LogP contribution is 2.12. The fraction of sp³-hybridized carbons (Fsp3) is 0.767. The van der Waals surface area contributed by atoms with Crippen molar-refractivity contribution in [3.05, 3.63) is 0 Å². The molecule has 15 nitrogen and oxygen atoms in total. The van der Waals surface area contributed by atoms with Gasteiger partial charge in [0.2, 0.25) is 23.6 Å². The summed E-state index contributed by atoms with van der Waals surface area (Å²) in [6, 6.07) is -4.95. The third-order valence-corrected chi connectivity index (χ3v) is 8.18. The van der Waals surface area contributed by atoms with E-state index in [0.717, 1.165) is 31.0 Å². The smallest absolute Gasteiger partial charge is 0.326 e. The molecule has 0 spiro atoms. The maximum absolute atomic E-state index is 12.6. The van der Waals surface area contributed by atoms with Crippen molar-refractivity contribution in [1.82, 2.24) is 21.3 Å². The lowest BCUT2D eigenvalue weighted by molar-refractivity contribution is -0.142. The number of rotatable bonds is 28. The topological polar surface area (TPSA) is 254 Å². The zero-order valence-corrected chi connectivity index (χ0v) is 27.8. The van der Waals surface area contributed by atoms with Crippen LogP contribution >= 0.6 is 11.8 Å². The molecule has 0 rings (SSSR count). The number of carboxylic acids is 3. The molecule has 4 amide bonds. The number of carbonyl (C=O) groups excluding carboxylic acids is 4. The van der Waals surface area contributed by atoms with Crippen LogP contribution in [0.2, 0.25) is 0 Å². The Morgan fingerprint density at radius 1 is 0.652 bits per heavy atom. The van der Waals surface area contributed by atoms with Crippen molar-refractivity contribution in [2.45, 2.75) is 128 Å². The summed E-state index contributed by atoms with van der Waals surface area (Å²) in [6.45, 7) is 2.91. The first-order valence-corrected chi connectivity index (χ1v) is 17.1. The number of hydrogen-bond acceptors (Lipinski definition) is 9. The number of aliphatic carboxylic acids is 3. The van der Waals surface area contributed by atoms with Gasteiger partial charge in [0, 0.05) is 24.3 Å². The van der Waals surface area contributed by atoms with E-state index < -0.39 is 72.8 Å². The lowest BCUT2D eigenvalue weighted by atomic mass is 10.1. The second-order valence-corrected chi connectivity index (χ2v) is 12.3. The number of nitrogens with two attached hydrogens (primary N) is 1. The Kier molecular flexibility index (Phi) is 23.9. The molecule has 0 heterocycles. The molecular weight excluding hydrogens is 622 g/mol. The van der Waals surface area contributed by atoms with Crippen LogP contribution in [-0.2, 0) is 33.6 Å². The minimum atomic E-state index is -1.47. The van der Waals surface area contributed by atoms with Gasteiger partial charge in [-0.05, 0) is 19.8 Å². The monoisotopic (exact) mass is 675 g/mol. The van der Waals surface area contributed by atoms with E-state index in [4.69, 9.17) is 15.9 Å². The molecule has 0 radical (unpaired) electrons. The van der Waals surface area contributed by atoms with Gasteiger partial charge in [0.05, 0.1) is 0 Å². The largest absolute Gasteiger partial charge is 0.480 e. The van der Waals surface area contributed by atoms with Crippen LogP contribution in [0.5, 0.6) is 0 Å². The van der Waals surface area contributed by atoms with Gasteiger partial charge in [-0.1, -0.05) is 71.1 Å². The Bertz CT molecular complexity index is 984. The van der Waals surface area contributed by atoms with Gasteiger partial charge in [-0.25, -0.2) is 4.79 Å². The molecule has 0 aromatic rings. The lowest BCUT2D eigenvalue weighted by Gasteiger charge is -2.20. The van der Waals surface area contributed by atoms with Crippen molar-refractivity contribution in [3.8, 4) is 0 Å². The number of carboxylic acid groups (broad SMARTS) is 3. The summed E-state index contributed by atoms with van der Waals surface area (Å²) in [5, 5.41) is 36.6. The molecule has 0 saturated carbocycles. The van der Waals surface area contributed by atoms with E-state index >= 15 is 0 Å². The molecule has 4 atom stereocenters. The van der Waals surface area contributed by atoms with E-state index in [1.807, 2.05) is 0 Å². The minimum Gasteiger partial charge on any atom is -0.480 e. The number of amides is 4. The highest BCUT2D eigenvalue weighted by molar-refractivity contribution is 7.99. The quantitative estimate of drug-likeness (QED) is 0.0548. The first kappa shape index (κ1) is 42.6. The van der Waals surface area contributed by atoms with Gasteiger partial charge in [0.1, 0.15) is 30.7 Å².